The maximum Gasteiger partial charge on any atom is 0.325 e. The summed E-state index contributed by atoms with van der Waals surface area (Å²) >= 11 is 0. The number of carboxylic acids is 1. The van der Waals surface area contributed by atoms with Gasteiger partial charge in [-0.15, -0.1) is 0 Å². The summed E-state index contributed by atoms with van der Waals surface area (Å²) < 4.78 is 0. The standard InChI is InChI=1S/C28H29N5O3/c34-27(20-6-2-1-3-7-20)31-22-9-10-23-24(19-30-25(23)18-22)26(28(35)36)33-16-14-32(15-17-33)13-11-21-8-4-5-12-29-21/h1-10,12,18-19,26,30H,11,13-17H2,(H,31,34)(H,35,36)/t26-/m1/s1. The topological polar surface area (TPSA) is 102 Å². The van der Waals surface area contributed by atoms with Crippen molar-refractivity contribution >= 4 is 28.5 Å². The van der Waals surface area contributed by atoms with Crippen molar-refractivity contribution in [1.82, 2.24) is 19.8 Å². The van der Waals surface area contributed by atoms with E-state index in [1.165, 1.54) is 0 Å². The number of H-pyrrole nitrogens is 1. The second-order valence-corrected chi connectivity index (χ2v) is 9.01. The molecule has 2 aromatic heterocycles. The van der Waals surface area contributed by atoms with E-state index in [9.17, 15) is 14.7 Å². The van der Waals surface area contributed by atoms with Crippen LogP contribution >= 0.6 is 0 Å². The van der Waals surface area contributed by atoms with Gasteiger partial charge in [-0.1, -0.05) is 30.3 Å². The molecule has 0 radical (unpaired) electrons. The number of anilines is 1. The summed E-state index contributed by atoms with van der Waals surface area (Å²) in [6, 6.07) is 19.8. The highest BCUT2D eigenvalue weighted by Gasteiger charge is 2.32. The van der Waals surface area contributed by atoms with Gasteiger partial charge in [0.15, 0.2) is 0 Å². The molecule has 1 amide bonds. The maximum atomic E-state index is 12.5. The first kappa shape index (κ1) is 23.7. The number of benzene rings is 2. The van der Waals surface area contributed by atoms with E-state index in [0.717, 1.165) is 48.2 Å². The molecule has 1 fully saturated rings. The number of carboxylic acid groups (broad SMARTS) is 1. The lowest BCUT2D eigenvalue weighted by molar-refractivity contribution is -0.144. The number of hydrogen-bond donors (Lipinski definition) is 3. The van der Waals surface area contributed by atoms with E-state index < -0.39 is 12.0 Å². The third-order valence-corrected chi connectivity index (χ3v) is 6.72. The van der Waals surface area contributed by atoms with Crippen molar-refractivity contribution in [3.63, 3.8) is 0 Å². The van der Waals surface area contributed by atoms with E-state index >= 15 is 0 Å². The summed E-state index contributed by atoms with van der Waals surface area (Å²) in [4.78, 5) is 36.9. The molecule has 8 heteroatoms. The Morgan fingerprint density at radius 3 is 2.50 bits per heavy atom. The molecule has 1 aliphatic rings. The molecule has 1 atom stereocenters. The predicted molar refractivity (Wildman–Crippen MR) is 139 cm³/mol. The average molecular weight is 484 g/mol. The predicted octanol–water partition coefficient (Wildman–Crippen LogP) is 3.80. The molecule has 0 bridgehead atoms. The van der Waals surface area contributed by atoms with E-state index in [-0.39, 0.29) is 5.91 Å². The Morgan fingerprint density at radius 1 is 1.00 bits per heavy atom. The van der Waals surface area contributed by atoms with Gasteiger partial charge in [-0.2, -0.15) is 0 Å². The Bertz CT molecular complexity index is 1330. The van der Waals surface area contributed by atoms with Gasteiger partial charge in [-0.3, -0.25) is 19.5 Å². The van der Waals surface area contributed by atoms with Crippen LogP contribution in [0.15, 0.2) is 79.1 Å². The van der Waals surface area contributed by atoms with Crippen molar-refractivity contribution < 1.29 is 14.7 Å². The Balaban J connectivity index is 1.26. The van der Waals surface area contributed by atoms with Gasteiger partial charge in [0.05, 0.1) is 0 Å². The Labute approximate surface area is 209 Å². The quantitative estimate of drug-likeness (QED) is 0.352. The lowest BCUT2D eigenvalue weighted by Gasteiger charge is -2.37. The van der Waals surface area contributed by atoms with Crippen molar-refractivity contribution in [2.24, 2.45) is 0 Å². The van der Waals surface area contributed by atoms with Crippen LogP contribution < -0.4 is 5.32 Å². The molecule has 0 saturated carbocycles. The van der Waals surface area contributed by atoms with Gasteiger partial charge in [-0.05, 0) is 36.4 Å². The summed E-state index contributed by atoms with van der Waals surface area (Å²) in [5.74, 6) is -1.05. The minimum atomic E-state index is -0.862. The smallest absolute Gasteiger partial charge is 0.325 e. The Hall–Kier alpha value is -4.01. The molecule has 0 spiro atoms. The average Bonchev–Trinajstić information content (AvgIpc) is 3.32. The molecule has 0 unspecified atom stereocenters. The van der Waals surface area contributed by atoms with E-state index in [1.807, 2.05) is 65.7 Å². The summed E-state index contributed by atoms with van der Waals surface area (Å²) in [7, 11) is 0. The van der Waals surface area contributed by atoms with Crippen LogP contribution in [0.25, 0.3) is 10.9 Å². The second kappa shape index (κ2) is 10.7. The van der Waals surface area contributed by atoms with Gasteiger partial charge < -0.3 is 20.3 Å². The summed E-state index contributed by atoms with van der Waals surface area (Å²) in [6.45, 7) is 3.89. The summed E-state index contributed by atoms with van der Waals surface area (Å²) in [6.07, 6.45) is 4.47. The van der Waals surface area contributed by atoms with Gasteiger partial charge in [0.25, 0.3) is 5.91 Å². The number of carbonyl (C=O) groups is 2. The van der Waals surface area contributed by atoms with E-state index in [4.69, 9.17) is 0 Å². The first-order valence-electron chi connectivity index (χ1n) is 12.1. The number of piperazine rings is 1. The number of nitrogens with zero attached hydrogens (tertiary/aromatic N) is 3. The Kier molecular flexibility index (Phi) is 7.06. The molecular weight excluding hydrogens is 454 g/mol. The fraction of sp³-hybridized carbons (Fsp3) is 0.250. The number of aromatic nitrogens is 2. The number of pyridine rings is 1. The number of aliphatic carboxylic acids is 1. The van der Waals surface area contributed by atoms with E-state index in [1.54, 1.807) is 18.3 Å². The third-order valence-electron chi connectivity index (χ3n) is 6.72. The largest absolute Gasteiger partial charge is 0.480 e. The maximum absolute atomic E-state index is 12.5. The van der Waals surface area contributed by atoms with Crippen molar-refractivity contribution in [2.45, 2.75) is 12.5 Å². The van der Waals surface area contributed by atoms with E-state index in [0.29, 0.717) is 24.3 Å². The molecule has 4 aromatic rings. The van der Waals surface area contributed by atoms with Crippen LogP contribution in [0.2, 0.25) is 0 Å². The normalized spacial score (nSPS) is 15.6. The number of fused-ring (bicyclic) bond motifs is 1. The molecule has 0 aliphatic carbocycles. The first-order chi connectivity index (χ1) is 17.6. The number of hydrogen-bond acceptors (Lipinski definition) is 5. The molecule has 3 heterocycles. The number of carbonyl (C=O) groups excluding carboxylic acids is 1. The lowest BCUT2D eigenvalue weighted by Crippen LogP contribution is -2.49. The van der Waals surface area contributed by atoms with Crippen LogP contribution in [0.3, 0.4) is 0 Å². The molecular formula is C28H29N5O3. The van der Waals surface area contributed by atoms with Gasteiger partial charge in [0.2, 0.25) is 0 Å². The minimum absolute atomic E-state index is 0.189. The van der Waals surface area contributed by atoms with Gasteiger partial charge in [0.1, 0.15) is 6.04 Å². The first-order valence-corrected chi connectivity index (χ1v) is 12.1. The number of amides is 1. The lowest BCUT2D eigenvalue weighted by atomic mass is 10.0. The minimum Gasteiger partial charge on any atom is -0.480 e. The van der Waals surface area contributed by atoms with Crippen LogP contribution in [0.5, 0.6) is 0 Å². The zero-order valence-electron chi connectivity index (χ0n) is 19.9. The fourth-order valence-electron chi connectivity index (χ4n) is 4.80. The van der Waals surface area contributed by atoms with Gasteiger partial charge >= 0.3 is 5.97 Å². The highest BCUT2D eigenvalue weighted by atomic mass is 16.4. The summed E-state index contributed by atoms with van der Waals surface area (Å²) in [5.41, 5.74) is 3.82. The van der Waals surface area contributed by atoms with Crippen LogP contribution in [0.1, 0.15) is 27.7 Å². The fourth-order valence-corrected chi connectivity index (χ4v) is 4.80. The zero-order valence-corrected chi connectivity index (χ0v) is 19.9. The Morgan fingerprint density at radius 2 is 1.78 bits per heavy atom. The van der Waals surface area contributed by atoms with Crippen molar-refractivity contribution in [1.29, 1.82) is 0 Å². The van der Waals surface area contributed by atoms with Crippen LogP contribution in [-0.4, -0.2) is 69.5 Å². The molecule has 8 nitrogen and oxygen atoms in total. The number of rotatable bonds is 8. The van der Waals surface area contributed by atoms with E-state index in [2.05, 4.69) is 20.2 Å². The highest BCUT2D eigenvalue weighted by Crippen LogP contribution is 2.31. The second-order valence-electron chi connectivity index (χ2n) is 9.01. The highest BCUT2D eigenvalue weighted by molar-refractivity contribution is 6.05. The van der Waals surface area contributed by atoms with Crippen LogP contribution in [-0.2, 0) is 11.2 Å². The molecule has 2 aromatic carbocycles. The molecule has 1 aliphatic heterocycles. The third kappa shape index (κ3) is 5.30. The monoisotopic (exact) mass is 483 g/mol. The summed E-state index contributed by atoms with van der Waals surface area (Å²) in [5, 5.41) is 13.9. The molecule has 36 heavy (non-hydrogen) atoms. The van der Waals surface area contributed by atoms with Gasteiger partial charge in [0, 0.05) is 84.9 Å². The van der Waals surface area contributed by atoms with Crippen LogP contribution in [0.4, 0.5) is 5.69 Å². The molecule has 3 N–H and O–H groups in total. The van der Waals surface area contributed by atoms with Crippen molar-refractivity contribution in [3.8, 4) is 0 Å². The number of aromatic amines is 1. The van der Waals surface area contributed by atoms with Crippen LogP contribution in [0, 0.1) is 0 Å². The molecule has 184 valence electrons. The van der Waals surface area contributed by atoms with Crippen molar-refractivity contribution in [3.05, 3.63) is 95.9 Å². The zero-order chi connectivity index (χ0) is 24.9. The molecule has 1 saturated heterocycles. The van der Waals surface area contributed by atoms with Gasteiger partial charge in [-0.25, -0.2) is 0 Å². The SMILES string of the molecule is O=C(Nc1ccc2c([C@H](C(=O)O)N3CCN(CCc4ccccn4)CC3)c[nH]c2c1)c1ccccc1. The molecule has 5 rings (SSSR count). The van der Waals surface area contributed by atoms with Crippen molar-refractivity contribution in [2.75, 3.05) is 38.0 Å². The number of nitrogens with one attached hydrogen (secondary N) is 2.